The molecule has 0 saturated carbocycles. The minimum absolute atomic E-state index is 0.250. The lowest BCUT2D eigenvalue weighted by molar-refractivity contribution is 0.393. The number of hydrogen-bond donors (Lipinski definition) is 1. The van der Waals surface area contributed by atoms with Gasteiger partial charge in [-0.05, 0) is 37.6 Å². The summed E-state index contributed by atoms with van der Waals surface area (Å²) in [5.74, 6) is 1.20. The number of rotatable bonds is 4. The van der Waals surface area contributed by atoms with Crippen molar-refractivity contribution in [1.29, 1.82) is 0 Å². The van der Waals surface area contributed by atoms with E-state index < -0.39 is 0 Å². The van der Waals surface area contributed by atoms with Gasteiger partial charge in [-0.15, -0.1) is 0 Å². The van der Waals surface area contributed by atoms with Gasteiger partial charge in [0.05, 0.1) is 17.8 Å². The molecule has 0 aliphatic rings. The number of benzene rings is 1. The molecule has 0 radical (unpaired) electrons. The van der Waals surface area contributed by atoms with Crippen molar-refractivity contribution in [2.24, 2.45) is 0 Å². The standard InChI is InChI=1S/C19H18FN5O/c1-11-17(12(2)26-24-11)14-8-16-18(22-9-14)23-19(21-3)25(16)10-13-4-6-15(20)7-5-13/h4-9H,10H2,1-3H3,(H,21,22,23). The summed E-state index contributed by atoms with van der Waals surface area (Å²) in [6.07, 6.45) is 1.78. The van der Waals surface area contributed by atoms with Gasteiger partial charge in [0.1, 0.15) is 11.6 Å². The van der Waals surface area contributed by atoms with E-state index in [4.69, 9.17) is 4.52 Å². The highest BCUT2D eigenvalue weighted by molar-refractivity contribution is 5.81. The van der Waals surface area contributed by atoms with E-state index in [1.807, 2.05) is 31.5 Å². The first-order chi connectivity index (χ1) is 12.6. The van der Waals surface area contributed by atoms with Crippen LogP contribution in [0.4, 0.5) is 10.3 Å². The van der Waals surface area contributed by atoms with Crippen molar-refractivity contribution >= 4 is 17.1 Å². The third kappa shape index (κ3) is 2.71. The number of fused-ring (bicyclic) bond motifs is 1. The molecule has 0 amide bonds. The van der Waals surface area contributed by atoms with E-state index in [-0.39, 0.29) is 5.82 Å². The molecule has 6 nitrogen and oxygen atoms in total. The van der Waals surface area contributed by atoms with Crippen molar-refractivity contribution in [2.45, 2.75) is 20.4 Å². The Morgan fingerprint density at radius 1 is 1.19 bits per heavy atom. The first kappa shape index (κ1) is 16.3. The van der Waals surface area contributed by atoms with Crippen LogP contribution in [0.25, 0.3) is 22.3 Å². The van der Waals surface area contributed by atoms with Crippen LogP contribution in [0.2, 0.25) is 0 Å². The lowest BCUT2D eigenvalue weighted by atomic mass is 10.1. The van der Waals surface area contributed by atoms with Gasteiger partial charge in [0.2, 0.25) is 5.95 Å². The molecular formula is C19H18FN5O. The maximum absolute atomic E-state index is 13.2. The molecule has 0 fully saturated rings. The number of pyridine rings is 1. The van der Waals surface area contributed by atoms with Crippen molar-refractivity contribution in [3.8, 4) is 11.1 Å². The summed E-state index contributed by atoms with van der Waals surface area (Å²) < 4.78 is 20.5. The summed E-state index contributed by atoms with van der Waals surface area (Å²) in [4.78, 5) is 9.04. The normalized spacial score (nSPS) is 11.2. The number of aryl methyl sites for hydroxylation is 2. The van der Waals surface area contributed by atoms with Crippen LogP contribution in [-0.2, 0) is 6.54 Å². The van der Waals surface area contributed by atoms with E-state index in [0.717, 1.165) is 33.7 Å². The molecule has 3 aromatic heterocycles. The summed E-state index contributed by atoms with van der Waals surface area (Å²) in [5.41, 5.74) is 5.20. The predicted octanol–water partition coefficient (Wildman–Crippen LogP) is 3.93. The fourth-order valence-electron chi connectivity index (χ4n) is 3.16. The molecule has 0 saturated heterocycles. The summed E-state index contributed by atoms with van der Waals surface area (Å²) in [6, 6.07) is 8.49. The molecule has 0 aliphatic carbocycles. The SMILES string of the molecule is CNc1nc2ncc(-c3c(C)noc3C)cc2n1Cc1ccc(F)cc1. The Balaban J connectivity index is 1.85. The molecule has 4 rings (SSSR count). The number of anilines is 1. The average molecular weight is 351 g/mol. The molecule has 0 unspecified atom stereocenters. The zero-order valence-electron chi connectivity index (χ0n) is 14.7. The molecule has 4 aromatic rings. The fraction of sp³-hybridized carbons (Fsp3) is 0.211. The third-order valence-corrected chi connectivity index (χ3v) is 4.41. The lowest BCUT2D eigenvalue weighted by Crippen LogP contribution is -2.05. The molecule has 0 atom stereocenters. The van der Waals surface area contributed by atoms with Crippen LogP contribution in [0.3, 0.4) is 0 Å². The van der Waals surface area contributed by atoms with E-state index in [0.29, 0.717) is 18.1 Å². The first-order valence-electron chi connectivity index (χ1n) is 8.28. The molecule has 3 heterocycles. The van der Waals surface area contributed by atoms with Crippen LogP contribution in [0.15, 0.2) is 41.1 Å². The van der Waals surface area contributed by atoms with Crippen molar-refractivity contribution in [1.82, 2.24) is 19.7 Å². The molecule has 0 aliphatic heterocycles. The molecule has 26 heavy (non-hydrogen) atoms. The Bertz CT molecular complexity index is 1060. The predicted molar refractivity (Wildman–Crippen MR) is 97.5 cm³/mol. The maximum atomic E-state index is 13.2. The second kappa shape index (κ2) is 6.25. The van der Waals surface area contributed by atoms with E-state index in [2.05, 4.69) is 20.4 Å². The van der Waals surface area contributed by atoms with E-state index >= 15 is 0 Å². The van der Waals surface area contributed by atoms with Crippen LogP contribution < -0.4 is 5.32 Å². The van der Waals surface area contributed by atoms with E-state index in [1.165, 1.54) is 12.1 Å². The van der Waals surface area contributed by atoms with Crippen LogP contribution >= 0.6 is 0 Å². The molecular weight excluding hydrogens is 333 g/mol. The minimum atomic E-state index is -0.250. The Labute approximate surface area is 149 Å². The zero-order valence-corrected chi connectivity index (χ0v) is 14.7. The van der Waals surface area contributed by atoms with Gasteiger partial charge in [0.15, 0.2) is 5.65 Å². The van der Waals surface area contributed by atoms with Crippen LogP contribution in [0, 0.1) is 19.7 Å². The summed E-state index contributed by atoms with van der Waals surface area (Å²) in [5, 5.41) is 7.12. The third-order valence-electron chi connectivity index (χ3n) is 4.41. The number of hydrogen-bond acceptors (Lipinski definition) is 5. The van der Waals surface area contributed by atoms with Gasteiger partial charge in [-0.1, -0.05) is 17.3 Å². The molecule has 1 N–H and O–H groups in total. The quantitative estimate of drug-likeness (QED) is 0.603. The van der Waals surface area contributed by atoms with Crippen molar-refractivity contribution < 1.29 is 8.91 Å². The number of halogens is 1. The summed E-state index contributed by atoms with van der Waals surface area (Å²) >= 11 is 0. The number of aromatic nitrogens is 4. The van der Waals surface area contributed by atoms with Gasteiger partial charge in [-0.3, -0.25) is 0 Å². The Hall–Kier alpha value is -3.22. The summed E-state index contributed by atoms with van der Waals surface area (Å²) in [7, 11) is 1.82. The number of imidazole rings is 1. The van der Waals surface area contributed by atoms with Gasteiger partial charge < -0.3 is 14.4 Å². The van der Waals surface area contributed by atoms with Gasteiger partial charge in [0, 0.05) is 24.4 Å². The molecule has 1 aromatic carbocycles. The minimum Gasteiger partial charge on any atom is -0.361 e. The van der Waals surface area contributed by atoms with E-state index in [9.17, 15) is 4.39 Å². The van der Waals surface area contributed by atoms with Gasteiger partial charge in [0.25, 0.3) is 0 Å². The second-order valence-electron chi connectivity index (χ2n) is 6.16. The maximum Gasteiger partial charge on any atom is 0.205 e. The van der Waals surface area contributed by atoms with Gasteiger partial charge >= 0.3 is 0 Å². The molecule has 7 heteroatoms. The van der Waals surface area contributed by atoms with Crippen molar-refractivity contribution in [3.05, 3.63) is 59.4 Å². The number of nitrogens with zero attached hydrogens (tertiary/aromatic N) is 4. The fourth-order valence-corrected chi connectivity index (χ4v) is 3.16. The lowest BCUT2D eigenvalue weighted by Gasteiger charge is -2.09. The van der Waals surface area contributed by atoms with Crippen molar-refractivity contribution in [3.63, 3.8) is 0 Å². The van der Waals surface area contributed by atoms with Crippen LogP contribution in [0.5, 0.6) is 0 Å². The highest BCUT2D eigenvalue weighted by atomic mass is 19.1. The largest absolute Gasteiger partial charge is 0.361 e. The van der Waals surface area contributed by atoms with Gasteiger partial charge in [-0.2, -0.15) is 4.98 Å². The van der Waals surface area contributed by atoms with Gasteiger partial charge in [-0.25, -0.2) is 9.37 Å². The Kier molecular flexibility index (Phi) is 3.91. The molecule has 0 spiro atoms. The summed E-state index contributed by atoms with van der Waals surface area (Å²) in [6.45, 7) is 4.35. The van der Waals surface area contributed by atoms with Crippen molar-refractivity contribution in [2.75, 3.05) is 12.4 Å². The highest BCUT2D eigenvalue weighted by Crippen LogP contribution is 2.29. The first-order valence-corrected chi connectivity index (χ1v) is 8.28. The number of nitrogens with one attached hydrogen (secondary N) is 1. The van der Waals surface area contributed by atoms with Crippen LogP contribution in [-0.4, -0.2) is 26.7 Å². The Morgan fingerprint density at radius 2 is 1.96 bits per heavy atom. The topological polar surface area (TPSA) is 68.8 Å². The Morgan fingerprint density at radius 3 is 2.62 bits per heavy atom. The zero-order chi connectivity index (χ0) is 18.3. The molecule has 132 valence electrons. The molecule has 0 bridgehead atoms. The van der Waals surface area contributed by atoms with Crippen LogP contribution in [0.1, 0.15) is 17.0 Å². The average Bonchev–Trinajstić information content (AvgIpc) is 3.16. The van der Waals surface area contributed by atoms with E-state index in [1.54, 1.807) is 18.3 Å². The smallest absolute Gasteiger partial charge is 0.205 e. The monoisotopic (exact) mass is 351 g/mol. The second-order valence-corrected chi connectivity index (χ2v) is 6.16. The highest BCUT2D eigenvalue weighted by Gasteiger charge is 2.16.